The van der Waals surface area contributed by atoms with Gasteiger partial charge in [-0.15, -0.1) is 0 Å². The molecule has 1 aliphatic heterocycles. The highest BCUT2D eigenvalue weighted by molar-refractivity contribution is 7.90. The molecule has 29 heavy (non-hydrogen) atoms. The van der Waals surface area contributed by atoms with E-state index >= 15 is 0 Å². The highest BCUT2D eigenvalue weighted by Crippen LogP contribution is 2.35. The first-order valence-electron chi connectivity index (χ1n) is 8.77. The molecule has 1 N–H and O–H groups in total. The summed E-state index contributed by atoms with van der Waals surface area (Å²) in [5, 5.41) is 14.4. The van der Waals surface area contributed by atoms with Crippen molar-refractivity contribution < 1.29 is 22.8 Å². The normalized spacial score (nSPS) is 19.7. The van der Waals surface area contributed by atoms with Crippen LogP contribution in [0.25, 0.3) is 22.5 Å². The van der Waals surface area contributed by atoms with Gasteiger partial charge >= 0.3 is 0 Å². The molecular weight excluding hydrogens is 396 g/mol. The number of likely N-dealkylation sites (N-methyl/N-ethyl adjacent to an activating group) is 1. The van der Waals surface area contributed by atoms with Crippen molar-refractivity contribution in [3.05, 3.63) is 48.4 Å². The van der Waals surface area contributed by atoms with Gasteiger partial charge in [-0.1, -0.05) is 23.4 Å². The van der Waals surface area contributed by atoms with Crippen LogP contribution in [-0.2, 0) is 20.2 Å². The summed E-state index contributed by atoms with van der Waals surface area (Å²) in [6, 6.07) is 10.3. The number of sulfone groups is 1. The summed E-state index contributed by atoms with van der Waals surface area (Å²) in [6.07, 6.45) is 2.66. The number of likely N-dealkylation sites (tertiary alicyclic amines) is 1. The van der Waals surface area contributed by atoms with Gasteiger partial charge in [0.25, 0.3) is 5.91 Å². The predicted octanol–water partition coefficient (Wildman–Crippen LogP) is 1.25. The van der Waals surface area contributed by atoms with Crippen molar-refractivity contribution in [1.82, 2.24) is 20.0 Å². The molecule has 0 radical (unpaired) electrons. The van der Waals surface area contributed by atoms with E-state index in [1.807, 2.05) is 0 Å². The van der Waals surface area contributed by atoms with Crippen LogP contribution in [0.2, 0.25) is 0 Å². The van der Waals surface area contributed by atoms with Gasteiger partial charge in [0.05, 0.1) is 5.69 Å². The Morgan fingerprint density at radius 1 is 1.17 bits per heavy atom. The van der Waals surface area contributed by atoms with Gasteiger partial charge in [-0.2, -0.15) is 0 Å². The van der Waals surface area contributed by atoms with Crippen molar-refractivity contribution in [2.75, 3.05) is 19.8 Å². The number of hydrogen-bond donors (Lipinski definition) is 1. The van der Waals surface area contributed by atoms with Gasteiger partial charge in [-0.25, -0.2) is 18.4 Å². The van der Waals surface area contributed by atoms with Gasteiger partial charge in [0.2, 0.25) is 20.6 Å². The maximum atomic E-state index is 12.3. The van der Waals surface area contributed by atoms with E-state index in [4.69, 9.17) is 4.52 Å². The molecule has 0 saturated carbocycles. The first kappa shape index (κ1) is 19.2. The first-order chi connectivity index (χ1) is 13.7. The van der Waals surface area contributed by atoms with Gasteiger partial charge in [-0.05, 0) is 12.1 Å². The lowest BCUT2D eigenvalue weighted by atomic mass is 9.98. The lowest BCUT2D eigenvalue weighted by molar-refractivity contribution is -0.144. The molecule has 0 unspecified atom stereocenters. The number of carbonyl (C=O) groups is 1. The largest absolute Gasteiger partial charge is 0.373 e. The molecule has 2 aromatic heterocycles. The zero-order valence-corrected chi connectivity index (χ0v) is 16.5. The molecule has 3 heterocycles. The average Bonchev–Trinajstić information content (AvgIpc) is 3.30. The number of rotatable bonds is 4. The zero-order valence-electron chi connectivity index (χ0n) is 15.7. The minimum absolute atomic E-state index is 0.0913. The molecule has 0 aliphatic carbocycles. The Morgan fingerprint density at radius 3 is 2.55 bits per heavy atom. The van der Waals surface area contributed by atoms with Crippen LogP contribution in [0.3, 0.4) is 0 Å². The van der Waals surface area contributed by atoms with E-state index in [1.54, 1.807) is 37.4 Å². The van der Waals surface area contributed by atoms with Crippen molar-refractivity contribution in [3.63, 3.8) is 0 Å². The SMILES string of the molecule is CN1CC[C@@](O)(c2cc(-c3cccc(-c4ccnc(S(C)(=O)=O)n4)c3)no2)C1=O. The van der Waals surface area contributed by atoms with Crippen LogP contribution in [0.15, 0.2) is 52.3 Å². The Bertz CT molecular complexity index is 1210. The molecule has 150 valence electrons. The fraction of sp³-hybridized carbons (Fsp3) is 0.263. The number of benzene rings is 1. The quantitative estimate of drug-likeness (QED) is 0.632. The third kappa shape index (κ3) is 3.40. The molecule has 0 spiro atoms. The van der Waals surface area contributed by atoms with Gasteiger partial charge in [-0.3, -0.25) is 4.79 Å². The summed E-state index contributed by atoms with van der Waals surface area (Å²) in [5.41, 5.74) is 0.496. The number of amides is 1. The van der Waals surface area contributed by atoms with Crippen LogP contribution >= 0.6 is 0 Å². The minimum atomic E-state index is -3.53. The topological polar surface area (TPSA) is 126 Å². The molecule has 1 aliphatic rings. The lowest BCUT2D eigenvalue weighted by Gasteiger charge is -2.16. The Balaban J connectivity index is 1.69. The zero-order chi connectivity index (χ0) is 20.8. The van der Waals surface area contributed by atoms with Crippen LogP contribution in [0.4, 0.5) is 0 Å². The van der Waals surface area contributed by atoms with E-state index in [1.165, 1.54) is 17.2 Å². The lowest BCUT2D eigenvalue weighted by Crippen LogP contribution is -2.35. The minimum Gasteiger partial charge on any atom is -0.373 e. The van der Waals surface area contributed by atoms with Crippen LogP contribution in [-0.4, -0.2) is 59.3 Å². The van der Waals surface area contributed by atoms with Crippen molar-refractivity contribution in [2.24, 2.45) is 0 Å². The fourth-order valence-corrected chi connectivity index (χ4v) is 3.72. The van der Waals surface area contributed by atoms with E-state index < -0.39 is 21.3 Å². The maximum Gasteiger partial charge on any atom is 0.262 e. The van der Waals surface area contributed by atoms with Crippen molar-refractivity contribution in [3.8, 4) is 22.5 Å². The van der Waals surface area contributed by atoms with Gasteiger partial charge < -0.3 is 14.5 Å². The Kier molecular flexibility index (Phi) is 4.47. The second-order valence-corrected chi connectivity index (χ2v) is 8.90. The summed E-state index contributed by atoms with van der Waals surface area (Å²) in [6.45, 7) is 0.428. The van der Waals surface area contributed by atoms with E-state index in [9.17, 15) is 18.3 Å². The van der Waals surface area contributed by atoms with Crippen molar-refractivity contribution in [2.45, 2.75) is 17.2 Å². The third-order valence-corrected chi connectivity index (χ3v) is 5.71. The van der Waals surface area contributed by atoms with Crippen LogP contribution in [0.1, 0.15) is 12.2 Å². The van der Waals surface area contributed by atoms with Gasteiger partial charge in [0, 0.05) is 49.7 Å². The standard InChI is InChI=1S/C19H18N4O5S/c1-23-9-7-19(25,17(23)24)16-11-15(22-28-16)13-5-3-4-12(10-13)14-6-8-20-18(21-14)29(2,26)27/h3-6,8,10-11,25H,7,9H2,1-2H3/t19-/m1/s1. The summed E-state index contributed by atoms with van der Waals surface area (Å²) in [7, 11) is -1.91. The molecule has 1 saturated heterocycles. The molecule has 1 amide bonds. The maximum absolute atomic E-state index is 12.3. The van der Waals surface area contributed by atoms with Gasteiger partial charge in [0.15, 0.2) is 5.76 Å². The average molecular weight is 414 g/mol. The molecule has 9 nitrogen and oxygen atoms in total. The van der Waals surface area contributed by atoms with Gasteiger partial charge in [0.1, 0.15) is 5.69 Å². The monoisotopic (exact) mass is 414 g/mol. The molecule has 1 aromatic carbocycles. The van der Waals surface area contributed by atoms with E-state index in [2.05, 4.69) is 15.1 Å². The molecular formula is C19H18N4O5S. The summed E-state index contributed by atoms with van der Waals surface area (Å²) >= 11 is 0. The number of aromatic nitrogens is 3. The third-order valence-electron chi connectivity index (χ3n) is 4.85. The van der Waals surface area contributed by atoms with Crippen LogP contribution in [0, 0.1) is 0 Å². The molecule has 0 bridgehead atoms. The van der Waals surface area contributed by atoms with E-state index in [-0.39, 0.29) is 17.3 Å². The van der Waals surface area contributed by atoms with Crippen molar-refractivity contribution in [1.29, 1.82) is 0 Å². The number of carbonyl (C=O) groups excluding carboxylic acids is 1. The molecule has 4 rings (SSSR count). The number of hydrogen-bond acceptors (Lipinski definition) is 8. The number of nitrogens with zero attached hydrogens (tertiary/aromatic N) is 4. The Hall–Kier alpha value is -3.11. The summed E-state index contributed by atoms with van der Waals surface area (Å²) in [4.78, 5) is 21.6. The Labute approximate surface area is 166 Å². The fourth-order valence-electron chi connectivity index (χ4n) is 3.21. The summed E-state index contributed by atoms with van der Waals surface area (Å²) < 4.78 is 28.7. The smallest absolute Gasteiger partial charge is 0.262 e. The van der Waals surface area contributed by atoms with E-state index in [0.29, 0.717) is 29.1 Å². The van der Waals surface area contributed by atoms with Crippen molar-refractivity contribution >= 4 is 15.7 Å². The molecule has 1 fully saturated rings. The highest BCUT2D eigenvalue weighted by atomic mass is 32.2. The molecule has 3 aromatic rings. The van der Waals surface area contributed by atoms with E-state index in [0.717, 1.165) is 6.26 Å². The number of aliphatic hydroxyl groups is 1. The predicted molar refractivity (Wildman–Crippen MR) is 102 cm³/mol. The second-order valence-electron chi connectivity index (χ2n) is 6.99. The summed E-state index contributed by atoms with van der Waals surface area (Å²) in [5.74, 6) is -0.336. The Morgan fingerprint density at radius 2 is 1.90 bits per heavy atom. The first-order valence-corrected chi connectivity index (χ1v) is 10.7. The highest BCUT2D eigenvalue weighted by Gasteiger charge is 2.48. The second kappa shape index (κ2) is 6.75. The molecule has 1 atom stereocenters. The molecule has 10 heteroatoms. The van der Waals surface area contributed by atoms with Crippen LogP contribution in [0.5, 0.6) is 0 Å². The van der Waals surface area contributed by atoms with Crippen LogP contribution < -0.4 is 0 Å².